The molecule has 0 atom stereocenters. The first-order chi connectivity index (χ1) is 7.90. The summed E-state index contributed by atoms with van der Waals surface area (Å²) in [7, 11) is 2.00. The maximum atomic E-state index is 11.8. The standard InChI is InChI=1S/C13H27N3O/c1-13(2,3)15-12(17)10-16-7-5-11(6-8-16)9-14-4/h11,14H,5-10H2,1-4H3,(H,15,17). The highest BCUT2D eigenvalue weighted by Gasteiger charge is 2.21. The molecule has 1 heterocycles. The minimum absolute atomic E-state index is 0.123. The molecule has 0 aromatic rings. The molecule has 1 fully saturated rings. The first kappa shape index (κ1) is 14.5. The van der Waals surface area contributed by atoms with Crippen molar-refractivity contribution < 1.29 is 4.79 Å². The fourth-order valence-electron chi connectivity index (χ4n) is 2.30. The van der Waals surface area contributed by atoms with Crippen molar-refractivity contribution in [3.05, 3.63) is 0 Å². The molecule has 0 bridgehead atoms. The number of amides is 1. The van der Waals surface area contributed by atoms with Crippen LogP contribution in [0.3, 0.4) is 0 Å². The molecule has 4 heteroatoms. The van der Waals surface area contributed by atoms with Crippen molar-refractivity contribution in [3.8, 4) is 0 Å². The molecule has 1 aliphatic rings. The Hall–Kier alpha value is -0.610. The summed E-state index contributed by atoms with van der Waals surface area (Å²) in [6.45, 7) is 9.79. The molecule has 0 spiro atoms. The van der Waals surface area contributed by atoms with E-state index in [1.807, 2.05) is 27.8 Å². The van der Waals surface area contributed by atoms with Gasteiger partial charge in [0.1, 0.15) is 0 Å². The van der Waals surface area contributed by atoms with Gasteiger partial charge >= 0.3 is 0 Å². The summed E-state index contributed by atoms with van der Waals surface area (Å²) in [5.74, 6) is 0.923. The second kappa shape index (κ2) is 6.36. The van der Waals surface area contributed by atoms with Gasteiger partial charge in [-0.15, -0.1) is 0 Å². The van der Waals surface area contributed by atoms with Gasteiger partial charge in [0.25, 0.3) is 0 Å². The van der Waals surface area contributed by atoms with Crippen molar-refractivity contribution in [1.82, 2.24) is 15.5 Å². The smallest absolute Gasteiger partial charge is 0.234 e. The second-order valence-electron chi connectivity index (χ2n) is 6.08. The molecule has 0 radical (unpaired) electrons. The molecule has 2 N–H and O–H groups in total. The number of carbonyl (C=O) groups excluding carboxylic acids is 1. The lowest BCUT2D eigenvalue weighted by Gasteiger charge is -2.32. The fourth-order valence-corrected chi connectivity index (χ4v) is 2.30. The molecule has 0 aliphatic carbocycles. The van der Waals surface area contributed by atoms with E-state index < -0.39 is 0 Å². The third-order valence-electron chi connectivity index (χ3n) is 3.08. The number of nitrogens with one attached hydrogen (secondary N) is 2. The number of hydrogen-bond acceptors (Lipinski definition) is 3. The van der Waals surface area contributed by atoms with E-state index in [2.05, 4.69) is 15.5 Å². The molecule has 0 saturated carbocycles. The molecule has 0 unspecified atom stereocenters. The average molecular weight is 241 g/mol. The molecule has 0 aromatic heterocycles. The first-order valence-corrected chi connectivity index (χ1v) is 6.58. The average Bonchev–Trinajstić information content (AvgIpc) is 2.18. The minimum Gasteiger partial charge on any atom is -0.350 e. The summed E-state index contributed by atoms with van der Waals surface area (Å²) in [6.07, 6.45) is 2.40. The molecular formula is C13H27N3O. The Bertz CT molecular complexity index is 240. The highest BCUT2D eigenvalue weighted by molar-refractivity contribution is 5.78. The molecule has 1 saturated heterocycles. The largest absolute Gasteiger partial charge is 0.350 e. The maximum Gasteiger partial charge on any atom is 0.234 e. The lowest BCUT2D eigenvalue weighted by Crippen LogP contribution is -2.47. The van der Waals surface area contributed by atoms with E-state index in [4.69, 9.17) is 0 Å². The van der Waals surface area contributed by atoms with E-state index in [1.165, 1.54) is 12.8 Å². The number of piperidine rings is 1. The summed E-state index contributed by atoms with van der Waals surface area (Å²) in [4.78, 5) is 14.0. The Labute approximate surface area is 105 Å². The number of likely N-dealkylation sites (tertiary alicyclic amines) is 1. The van der Waals surface area contributed by atoms with Gasteiger partial charge in [-0.3, -0.25) is 9.69 Å². The molecule has 100 valence electrons. The van der Waals surface area contributed by atoms with Crippen molar-refractivity contribution in [2.24, 2.45) is 5.92 Å². The van der Waals surface area contributed by atoms with E-state index in [1.54, 1.807) is 0 Å². The number of nitrogens with zero attached hydrogens (tertiary/aromatic N) is 1. The monoisotopic (exact) mass is 241 g/mol. The Balaban J connectivity index is 2.24. The zero-order valence-corrected chi connectivity index (χ0v) is 11.7. The molecule has 4 nitrogen and oxygen atoms in total. The van der Waals surface area contributed by atoms with Gasteiger partial charge in [0.2, 0.25) is 5.91 Å². The van der Waals surface area contributed by atoms with Crippen molar-refractivity contribution in [2.75, 3.05) is 33.2 Å². The Kier molecular flexibility index (Phi) is 5.40. The highest BCUT2D eigenvalue weighted by Crippen LogP contribution is 2.15. The number of hydrogen-bond donors (Lipinski definition) is 2. The van der Waals surface area contributed by atoms with Gasteiger partial charge in [0.15, 0.2) is 0 Å². The Morgan fingerprint density at radius 2 is 1.88 bits per heavy atom. The van der Waals surface area contributed by atoms with Gasteiger partial charge in [0.05, 0.1) is 6.54 Å². The van der Waals surface area contributed by atoms with Crippen molar-refractivity contribution in [3.63, 3.8) is 0 Å². The van der Waals surface area contributed by atoms with Gasteiger partial charge < -0.3 is 10.6 Å². The molecule has 17 heavy (non-hydrogen) atoms. The highest BCUT2D eigenvalue weighted by atomic mass is 16.2. The summed E-state index contributed by atoms with van der Waals surface area (Å²) >= 11 is 0. The lowest BCUT2D eigenvalue weighted by molar-refractivity contribution is -0.124. The SMILES string of the molecule is CNCC1CCN(CC(=O)NC(C)(C)C)CC1. The molecule has 0 aromatic carbocycles. The summed E-state index contributed by atoms with van der Waals surface area (Å²) in [6, 6.07) is 0. The quantitative estimate of drug-likeness (QED) is 0.766. The lowest BCUT2D eigenvalue weighted by atomic mass is 9.97. The summed E-state index contributed by atoms with van der Waals surface area (Å²) in [5.41, 5.74) is -0.123. The number of carbonyl (C=O) groups is 1. The van der Waals surface area contributed by atoms with Crippen molar-refractivity contribution in [1.29, 1.82) is 0 Å². The van der Waals surface area contributed by atoms with E-state index in [0.29, 0.717) is 6.54 Å². The zero-order chi connectivity index (χ0) is 12.9. The van der Waals surface area contributed by atoms with Crippen LogP contribution in [-0.4, -0.2) is 49.6 Å². The van der Waals surface area contributed by atoms with Gasteiger partial charge in [-0.1, -0.05) is 0 Å². The van der Waals surface area contributed by atoms with Gasteiger partial charge in [-0.25, -0.2) is 0 Å². The van der Waals surface area contributed by atoms with E-state index in [0.717, 1.165) is 25.6 Å². The predicted octanol–water partition coefficient (Wildman–Crippen LogP) is 0.833. The van der Waals surface area contributed by atoms with E-state index >= 15 is 0 Å². The predicted molar refractivity (Wildman–Crippen MR) is 71.0 cm³/mol. The van der Waals surface area contributed by atoms with E-state index in [9.17, 15) is 4.79 Å². The Morgan fingerprint density at radius 1 is 1.29 bits per heavy atom. The van der Waals surface area contributed by atoms with Crippen LogP contribution >= 0.6 is 0 Å². The van der Waals surface area contributed by atoms with Crippen LogP contribution in [0.2, 0.25) is 0 Å². The summed E-state index contributed by atoms with van der Waals surface area (Å²) in [5, 5.41) is 6.24. The zero-order valence-electron chi connectivity index (χ0n) is 11.7. The first-order valence-electron chi connectivity index (χ1n) is 6.58. The minimum atomic E-state index is -0.123. The molecule has 1 rings (SSSR count). The van der Waals surface area contributed by atoms with Crippen LogP contribution in [0.1, 0.15) is 33.6 Å². The van der Waals surface area contributed by atoms with E-state index in [-0.39, 0.29) is 11.4 Å². The molecule has 1 aliphatic heterocycles. The number of rotatable bonds is 4. The van der Waals surface area contributed by atoms with Crippen LogP contribution in [0, 0.1) is 5.92 Å². The van der Waals surface area contributed by atoms with Gasteiger partial charge in [-0.05, 0) is 66.2 Å². The topological polar surface area (TPSA) is 44.4 Å². The van der Waals surface area contributed by atoms with Crippen LogP contribution in [-0.2, 0) is 4.79 Å². The van der Waals surface area contributed by atoms with Crippen LogP contribution in [0.15, 0.2) is 0 Å². The third-order valence-corrected chi connectivity index (χ3v) is 3.08. The molecular weight excluding hydrogens is 214 g/mol. The van der Waals surface area contributed by atoms with Crippen molar-refractivity contribution >= 4 is 5.91 Å². The van der Waals surface area contributed by atoms with Gasteiger partial charge in [0, 0.05) is 5.54 Å². The normalized spacial score (nSPS) is 19.3. The third kappa shape index (κ3) is 6.03. The van der Waals surface area contributed by atoms with Gasteiger partial charge in [-0.2, -0.15) is 0 Å². The second-order valence-corrected chi connectivity index (χ2v) is 6.08. The van der Waals surface area contributed by atoms with Crippen LogP contribution in [0.5, 0.6) is 0 Å². The fraction of sp³-hybridized carbons (Fsp3) is 0.923. The van der Waals surface area contributed by atoms with Crippen LogP contribution in [0.4, 0.5) is 0 Å². The van der Waals surface area contributed by atoms with Crippen LogP contribution in [0.25, 0.3) is 0 Å². The van der Waals surface area contributed by atoms with Crippen molar-refractivity contribution in [2.45, 2.75) is 39.2 Å². The molecule has 1 amide bonds. The van der Waals surface area contributed by atoms with Crippen LogP contribution < -0.4 is 10.6 Å². The Morgan fingerprint density at radius 3 is 2.35 bits per heavy atom. The maximum absolute atomic E-state index is 11.8. The summed E-state index contributed by atoms with van der Waals surface area (Å²) < 4.78 is 0.